The van der Waals surface area contributed by atoms with E-state index in [-0.39, 0.29) is 6.10 Å². The molecule has 1 saturated heterocycles. The lowest BCUT2D eigenvalue weighted by atomic mass is 10.3. The van der Waals surface area contributed by atoms with Gasteiger partial charge >= 0.3 is 0 Å². The largest absolute Gasteiger partial charge is 0.392 e. The summed E-state index contributed by atoms with van der Waals surface area (Å²) in [6, 6.07) is 3.97. The lowest BCUT2D eigenvalue weighted by Crippen LogP contribution is -2.23. The second-order valence-electron chi connectivity index (χ2n) is 4.84. The predicted molar refractivity (Wildman–Crippen MR) is 73.0 cm³/mol. The van der Waals surface area contributed by atoms with E-state index in [2.05, 4.69) is 15.0 Å². The molecule has 5 nitrogen and oxygen atoms in total. The van der Waals surface area contributed by atoms with Crippen molar-refractivity contribution < 1.29 is 9.63 Å². The number of hydrogen-bond donors (Lipinski definition) is 1. The molecule has 1 N–H and O–H groups in total. The first-order valence-electron chi connectivity index (χ1n) is 6.58. The number of aryl methyl sites for hydroxylation is 1. The highest BCUT2D eigenvalue weighted by Gasteiger charge is 2.19. The minimum absolute atomic E-state index is 0.145. The normalized spacial score (nSPS) is 20.2. The maximum Gasteiger partial charge on any atom is 0.227 e. The van der Waals surface area contributed by atoms with E-state index in [1.54, 1.807) is 11.3 Å². The first kappa shape index (κ1) is 12.8. The van der Waals surface area contributed by atoms with Crippen molar-refractivity contribution in [1.82, 2.24) is 15.0 Å². The van der Waals surface area contributed by atoms with Crippen molar-refractivity contribution in [2.24, 2.45) is 0 Å². The number of rotatable bonds is 5. The van der Waals surface area contributed by atoms with Crippen LogP contribution in [0.4, 0.5) is 0 Å². The molecule has 3 rings (SSSR count). The Kier molecular flexibility index (Phi) is 3.91. The van der Waals surface area contributed by atoms with E-state index in [9.17, 15) is 5.11 Å². The minimum Gasteiger partial charge on any atom is -0.392 e. The van der Waals surface area contributed by atoms with Gasteiger partial charge < -0.3 is 14.5 Å². The molecule has 0 aromatic carbocycles. The number of hydrogen-bond acceptors (Lipinski definition) is 6. The van der Waals surface area contributed by atoms with Crippen LogP contribution in [-0.4, -0.2) is 45.9 Å². The molecule has 1 fully saturated rings. The maximum absolute atomic E-state index is 9.44. The second kappa shape index (κ2) is 5.81. The molecule has 0 amide bonds. The van der Waals surface area contributed by atoms with Crippen molar-refractivity contribution in [3.05, 3.63) is 23.4 Å². The summed E-state index contributed by atoms with van der Waals surface area (Å²) in [7, 11) is 0. The van der Waals surface area contributed by atoms with Crippen LogP contribution in [0.1, 0.15) is 18.7 Å². The zero-order chi connectivity index (χ0) is 13.1. The molecule has 0 spiro atoms. The number of thiophene rings is 1. The highest BCUT2D eigenvalue weighted by atomic mass is 32.1. The van der Waals surface area contributed by atoms with Crippen LogP contribution in [0, 0.1) is 0 Å². The predicted octanol–water partition coefficient (Wildman–Crippen LogP) is 1.80. The minimum atomic E-state index is -0.145. The summed E-state index contributed by atoms with van der Waals surface area (Å²) >= 11 is 1.61. The molecule has 1 atom stereocenters. The van der Waals surface area contributed by atoms with Crippen LogP contribution in [0.25, 0.3) is 10.7 Å². The number of nitrogens with zero attached hydrogens (tertiary/aromatic N) is 3. The third kappa shape index (κ3) is 3.20. The summed E-state index contributed by atoms with van der Waals surface area (Å²) in [6.45, 7) is 2.77. The van der Waals surface area contributed by atoms with Crippen LogP contribution < -0.4 is 0 Å². The fourth-order valence-corrected chi connectivity index (χ4v) is 2.98. The van der Waals surface area contributed by atoms with E-state index in [4.69, 9.17) is 4.52 Å². The highest BCUT2D eigenvalue weighted by Crippen LogP contribution is 2.21. The maximum atomic E-state index is 9.44. The Morgan fingerprint density at radius 1 is 1.53 bits per heavy atom. The number of aliphatic hydroxyl groups is 1. The fourth-order valence-electron chi connectivity index (χ4n) is 2.33. The molecular formula is C13H17N3O2S. The molecule has 6 heteroatoms. The first-order chi connectivity index (χ1) is 9.31. The summed E-state index contributed by atoms with van der Waals surface area (Å²) in [4.78, 5) is 7.72. The van der Waals surface area contributed by atoms with Crippen LogP contribution in [0.2, 0.25) is 0 Å². The lowest BCUT2D eigenvalue weighted by molar-refractivity contribution is 0.175. The van der Waals surface area contributed by atoms with Crippen molar-refractivity contribution in [2.75, 3.05) is 19.6 Å². The van der Waals surface area contributed by atoms with E-state index in [1.165, 1.54) is 0 Å². The van der Waals surface area contributed by atoms with Crippen molar-refractivity contribution in [1.29, 1.82) is 0 Å². The van der Waals surface area contributed by atoms with Crippen LogP contribution in [-0.2, 0) is 6.42 Å². The molecule has 3 heterocycles. The van der Waals surface area contributed by atoms with Gasteiger partial charge in [0.2, 0.25) is 11.7 Å². The van der Waals surface area contributed by atoms with E-state index < -0.39 is 0 Å². The van der Waals surface area contributed by atoms with Crippen LogP contribution in [0.5, 0.6) is 0 Å². The van der Waals surface area contributed by atoms with Gasteiger partial charge in [-0.2, -0.15) is 4.98 Å². The Balaban J connectivity index is 1.48. The topological polar surface area (TPSA) is 62.4 Å². The van der Waals surface area contributed by atoms with Gasteiger partial charge in [0.1, 0.15) is 0 Å². The van der Waals surface area contributed by atoms with Gasteiger partial charge in [-0.3, -0.25) is 0 Å². The summed E-state index contributed by atoms with van der Waals surface area (Å²) in [5, 5.41) is 15.4. The van der Waals surface area contributed by atoms with E-state index in [0.717, 1.165) is 43.8 Å². The second-order valence-corrected chi connectivity index (χ2v) is 5.78. The molecule has 0 bridgehead atoms. The highest BCUT2D eigenvalue weighted by molar-refractivity contribution is 7.13. The van der Waals surface area contributed by atoms with Crippen LogP contribution in [0.15, 0.2) is 22.0 Å². The smallest absolute Gasteiger partial charge is 0.227 e. The molecule has 2 aromatic rings. The summed E-state index contributed by atoms with van der Waals surface area (Å²) in [6.07, 6.45) is 2.53. The Morgan fingerprint density at radius 2 is 2.47 bits per heavy atom. The molecular weight excluding hydrogens is 262 g/mol. The van der Waals surface area contributed by atoms with Crippen molar-refractivity contribution in [3.8, 4) is 10.7 Å². The molecule has 2 aromatic heterocycles. The Labute approximate surface area is 115 Å². The molecule has 19 heavy (non-hydrogen) atoms. The Hall–Kier alpha value is -1.24. The first-order valence-corrected chi connectivity index (χ1v) is 7.46. The third-order valence-electron chi connectivity index (χ3n) is 3.32. The van der Waals surface area contributed by atoms with Gasteiger partial charge in [0.15, 0.2) is 0 Å². The van der Waals surface area contributed by atoms with Crippen molar-refractivity contribution in [3.63, 3.8) is 0 Å². The summed E-state index contributed by atoms with van der Waals surface area (Å²) in [5.41, 5.74) is 0. The number of aromatic nitrogens is 2. The van der Waals surface area contributed by atoms with Crippen molar-refractivity contribution in [2.45, 2.75) is 25.4 Å². The average molecular weight is 279 g/mol. The third-order valence-corrected chi connectivity index (χ3v) is 4.19. The SMILES string of the molecule is OC1CCN(CCCc2nc(-c3cccs3)no2)C1. The molecule has 0 radical (unpaired) electrons. The Bertz CT molecular complexity index is 512. The molecule has 1 aliphatic rings. The zero-order valence-electron chi connectivity index (χ0n) is 10.7. The monoisotopic (exact) mass is 279 g/mol. The van der Waals surface area contributed by atoms with Crippen molar-refractivity contribution >= 4 is 11.3 Å². The van der Waals surface area contributed by atoms with E-state index in [1.807, 2.05) is 17.5 Å². The molecule has 0 saturated carbocycles. The van der Waals surface area contributed by atoms with Gasteiger partial charge in [0, 0.05) is 19.5 Å². The summed E-state index contributed by atoms with van der Waals surface area (Å²) < 4.78 is 5.25. The fraction of sp³-hybridized carbons (Fsp3) is 0.538. The van der Waals surface area contributed by atoms with Crippen LogP contribution >= 0.6 is 11.3 Å². The number of aliphatic hydroxyl groups excluding tert-OH is 1. The van der Waals surface area contributed by atoms with Crippen LogP contribution in [0.3, 0.4) is 0 Å². The quantitative estimate of drug-likeness (QED) is 0.904. The molecule has 102 valence electrons. The lowest BCUT2D eigenvalue weighted by Gasteiger charge is -2.13. The van der Waals surface area contributed by atoms with Gasteiger partial charge in [-0.25, -0.2) is 0 Å². The number of β-amino-alcohol motifs (C(OH)–C–C–N with tert-alkyl or cyclic N) is 1. The van der Waals surface area contributed by atoms with Gasteiger partial charge in [-0.05, 0) is 30.8 Å². The molecule has 1 unspecified atom stereocenters. The number of likely N-dealkylation sites (tertiary alicyclic amines) is 1. The van der Waals surface area contributed by atoms with Gasteiger partial charge in [0.25, 0.3) is 0 Å². The van der Waals surface area contributed by atoms with Gasteiger partial charge in [-0.15, -0.1) is 11.3 Å². The molecule has 1 aliphatic heterocycles. The average Bonchev–Trinajstić information content (AvgIpc) is 3.09. The Morgan fingerprint density at radius 3 is 3.21 bits per heavy atom. The zero-order valence-corrected chi connectivity index (χ0v) is 11.5. The standard InChI is InChI=1S/C13H17N3O2S/c17-10-5-7-16(9-10)6-1-4-12-14-13(15-18-12)11-3-2-8-19-11/h2-3,8,10,17H,1,4-7,9H2. The van der Waals surface area contributed by atoms with Gasteiger partial charge in [-0.1, -0.05) is 11.2 Å². The summed E-state index contributed by atoms with van der Waals surface area (Å²) in [5.74, 6) is 1.38. The van der Waals surface area contributed by atoms with E-state index in [0.29, 0.717) is 11.7 Å². The molecule has 0 aliphatic carbocycles. The van der Waals surface area contributed by atoms with E-state index >= 15 is 0 Å². The van der Waals surface area contributed by atoms with Gasteiger partial charge in [0.05, 0.1) is 11.0 Å².